The molecule has 0 N–H and O–H groups in total. The van der Waals surface area contributed by atoms with Gasteiger partial charge >= 0.3 is 32.7 Å². The average molecular weight is 192 g/mol. The molecule has 0 nitrogen and oxygen atoms in total. The van der Waals surface area contributed by atoms with Crippen LogP contribution in [0.1, 0.15) is 0 Å². The van der Waals surface area contributed by atoms with Gasteiger partial charge < -0.3 is 0 Å². The molecule has 0 aromatic heterocycles. The predicted molar refractivity (Wildman–Crippen MR) is 35.6 cm³/mol. The van der Waals surface area contributed by atoms with Crippen LogP contribution in [0.3, 0.4) is 0 Å². The van der Waals surface area contributed by atoms with Gasteiger partial charge in [0.1, 0.15) is 0 Å². The average Bonchev–Trinajstić information content (AvgIpc) is 1.77. The first-order chi connectivity index (χ1) is 3.80. The summed E-state index contributed by atoms with van der Waals surface area (Å²) < 4.78 is 0. The zero-order valence-electron chi connectivity index (χ0n) is 5.22. The van der Waals surface area contributed by atoms with Crippen molar-refractivity contribution in [1.29, 1.82) is 0 Å². The van der Waals surface area contributed by atoms with Gasteiger partial charge in [-0.1, -0.05) is 0 Å². The molecule has 0 amide bonds. The summed E-state index contributed by atoms with van der Waals surface area (Å²) in [6, 6.07) is 8.44. The van der Waals surface area contributed by atoms with E-state index in [4.69, 9.17) is 0 Å². The normalized spacial score (nSPS) is 8.00. The Morgan fingerprint density at radius 3 is 2.22 bits per heavy atom. The smallest absolute Gasteiger partial charge is 0.183 e. The maximum absolute atomic E-state index is 3.74. The number of rotatable bonds is 0. The first-order valence-corrected chi connectivity index (χ1v) is 2.45. The van der Waals surface area contributed by atoms with Crippen molar-refractivity contribution in [2.45, 2.75) is 0 Å². The van der Waals surface area contributed by atoms with Gasteiger partial charge in [0.15, 0.2) is 0 Å². The van der Waals surface area contributed by atoms with E-state index in [2.05, 4.69) is 19.2 Å². The molecular formula is C8H7Y+2. The van der Waals surface area contributed by atoms with E-state index < -0.39 is 0 Å². The second-order valence-corrected chi connectivity index (χ2v) is 1.69. The van der Waals surface area contributed by atoms with Gasteiger partial charge in [0.05, 0.1) is 0 Å². The van der Waals surface area contributed by atoms with E-state index in [1.165, 1.54) is 0 Å². The van der Waals surface area contributed by atoms with E-state index in [9.17, 15) is 0 Å². The van der Waals surface area contributed by atoms with Crippen LogP contribution in [0.25, 0.3) is 13.2 Å². The third-order valence-corrected chi connectivity index (χ3v) is 1.05. The van der Waals surface area contributed by atoms with Crippen LogP contribution < -0.4 is 10.4 Å². The number of hydrogen-bond acceptors (Lipinski definition) is 0. The topological polar surface area (TPSA) is 0 Å². The van der Waals surface area contributed by atoms with Gasteiger partial charge in [-0.25, -0.2) is 0 Å². The van der Waals surface area contributed by atoms with Gasteiger partial charge in [0.2, 0.25) is 0 Å². The summed E-state index contributed by atoms with van der Waals surface area (Å²) in [7, 11) is 0. The predicted octanol–water partition coefficient (Wildman–Crippen LogP) is 0.305. The van der Waals surface area contributed by atoms with Crippen molar-refractivity contribution < 1.29 is 32.7 Å². The molecule has 0 fully saturated rings. The van der Waals surface area contributed by atoms with E-state index in [-0.39, 0.29) is 32.7 Å². The molecule has 0 heterocycles. The van der Waals surface area contributed by atoms with E-state index in [1.54, 1.807) is 0 Å². The van der Waals surface area contributed by atoms with Gasteiger partial charge in [0, 0.05) is 0 Å². The molecule has 0 saturated carbocycles. The van der Waals surface area contributed by atoms with Crippen LogP contribution in [0.5, 0.6) is 0 Å². The first-order valence-electron chi connectivity index (χ1n) is 2.45. The Balaban J connectivity index is 0.000000640. The van der Waals surface area contributed by atoms with E-state index in [1.807, 2.05) is 18.2 Å². The number of benzene rings is 1. The largest absolute Gasteiger partial charge is 3.00 e. The Bertz CT molecular complexity index is 235. The second kappa shape index (κ2) is 3.97. The van der Waals surface area contributed by atoms with Gasteiger partial charge in [-0.3, -0.25) is 0 Å². The Morgan fingerprint density at radius 1 is 1.22 bits per heavy atom. The van der Waals surface area contributed by atoms with Crippen LogP contribution in [0, 0.1) is 6.07 Å². The van der Waals surface area contributed by atoms with Crippen molar-refractivity contribution in [2.75, 3.05) is 0 Å². The number of hydrogen-bond donors (Lipinski definition) is 0. The van der Waals surface area contributed by atoms with Gasteiger partial charge in [-0.2, -0.15) is 24.3 Å². The van der Waals surface area contributed by atoms with Gasteiger partial charge in [-0.05, 0) is 0 Å². The molecule has 0 bridgehead atoms. The fourth-order valence-electron chi connectivity index (χ4n) is 0.497. The van der Waals surface area contributed by atoms with Crippen molar-refractivity contribution in [1.82, 2.24) is 0 Å². The molecule has 0 aliphatic heterocycles. The minimum absolute atomic E-state index is 0. The van der Waals surface area contributed by atoms with Crippen LogP contribution >= 0.6 is 0 Å². The van der Waals surface area contributed by atoms with Crippen LogP contribution in [-0.4, -0.2) is 0 Å². The van der Waals surface area contributed by atoms with Crippen molar-refractivity contribution in [2.24, 2.45) is 0 Å². The first kappa shape index (κ1) is 9.06. The maximum Gasteiger partial charge on any atom is 3.00 e. The minimum atomic E-state index is 0. The molecule has 40 valence electrons. The summed E-state index contributed by atoms with van der Waals surface area (Å²) in [4.78, 5) is 0. The SMILES string of the molecule is C=c1c[c-]ccc1=C.[Y+3]. The van der Waals surface area contributed by atoms with Crippen LogP contribution in [0.2, 0.25) is 0 Å². The Labute approximate surface area is 80.2 Å². The molecule has 0 aliphatic rings. The molecule has 0 saturated heterocycles. The van der Waals surface area contributed by atoms with E-state index in [0.29, 0.717) is 0 Å². The van der Waals surface area contributed by atoms with Gasteiger partial charge in [0.25, 0.3) is 0 Å². The second-order valence-electron chi connectivity index (χ2n) is 1.69. The summed E-state index contributed by atoms with van der Waals surface area (Å²) in [6.45, 7) is 7.46. The fraction of sp³-hybridized carbons (Fsp3) is 0. The van der Waals surface area contributed by atoms with Crippen LogP contribution in [0.4, 0.5) is 0 Å². The van der Waals surface area contributed by atoms with Gasteiger partial charge in [-0.15, -0.1) is 23.6 Å². The fourth-order valence-corrected chi connectivity index (χ4v) is 0.497. The Hall–Kier alpha value is 0.0639. The summed E-state index contributed by atoms with van der Waals surface area (Å²) in [5.41, 5.74) is 0. The maximum atomic E-state index is 3.74. The molecule has 0 atom stereocenters. The molecule has 1 aromatic carbocycles. The molecule has 1 rings (SSSR count). The van der Waals surface area contributed by atoms with E-state index >= 15 is 0 Å². The van der Waals surface area contributed by atoms with Crippen molar-refractivity contribution in [3.63, 3.8) is 0 Å². The quantitative estimate of drug-likeness (QED) is 0.519. The Morgan fingerprint density at radius 2 is 1.89 bits per heavy atom. The molecule has 0 aliphatic carbocycles. The minimum Gasteiger partial charge on any atom is -0.183 e. The summed E-state index contributed by atoms with van der Waals surface area (Å²) in [5.74, 6) is 0. The Kier molecular flexibility index (Phi) is 4.00. The third kappa shape index (κ3) is 2.42. The molecule has 1 aromatic rings. The van der Waals surface area contributed by atoms with E-state index in [0.717, 1.165) is 10.4 Å². The van der Waals surface area contributed by atoms with Crippen molar-refractivity contribution >= 4 is 13.2 Å². The molecule has 0 unspecified atom stereocenters. The molecular weight excluding hydrogens is 185 g/mol. The third-order valence-electron chi connectivity index (χ3n) is 1.05. The summed E-state index contributed by atoms with van der Waals surface area (Å²) >= 11 is 0. The van der Waals surface area contributed by atoms with Crippen molar-refractivity contribution in [3.8, 4) is 0 Å². The molecule has 1 heteroatoms. The van der Waals surface area contributed by atoms with Crippen LogP contribution in [-0.2, 0) is 32.7 Å². The van der Waals surface area contributed by atoms with Crippen LogP contribution in [0.15, 0.2) is 18.2 Å². The van der Waals surface area contributed by atoms with Crippen molar-refractivity contribution in [3.05, 3.63) is 34.7 Å². The molecule has 0 spiro atoms. The molecule has 0 radical (unpaired) electrons. The summed E-state index contributed by atoms with van der Waals surface area (Å²) in [5, 5.41) is 1.93. The monoisotopic (exact) mass is 192 g/mol. The summed E-state index contributed by atoms with van der Waals surface area (Å²) in [6.07, 6.45) is 0. The standard InChI is InChI=1S/C8H7.Y/c1-7-5-3-4-6-8(7)2;/h3,5-6H,1-2H2;/q-1;+3. The zero-order chi connectivity index (χ0) is 5.98. The zero-order valence-corrected chi connectivity index (χ0v) is 8.06. The molecule has 9 heavy (non-hydrogen) atoms.